The molecule has 0 bridgehead atoms. The summed E-state index contributed by atoms with van der Waals surface area (Å²) in [4.78, 5) is 14.2. The van der Waals surface area contributed by atoms with Crippen LogP contribution >= 0.6 is 0 Å². The quantitative estimate of drug-likeness (QED) is 0.842. The predicted molar refractivity (Wildman–Crippen MR) is 93.7 cm³/mol. The molecule has 1 aromatic carbocycles. The number of nitrogens with zero attached hydrogens (tertiary/aromatic N) is 3. The van der Waals surface area contributed by atoms with E-state index in [0.717, 1.165) is 17.5 Å². The molecule has 2 aromatic rings. The Bertz CT molecular complexity index is 745. The van der Waals surface area contributed by atoms with E-state index in [2.05, 4.69) is 15.7 Å². The Morgan fingerprint density at radius 2 is 2.28 bits per heavy atom. The van der Waals surface area contributed by atoms with E-state index in [-0.39, 0.29) is 29.8 Å². The molecule has 0 aliphatic heterocycles. The van der Waals surface area contributed by atoms with E-state index < -0.39 is 0 Å². The predicted octanol–water partition coefficient (Wildman–Crippen LogP) is 2.02. The van der Waals surface area contributed by atoms with Gasteiger partial charge in [0.1, 0.15) is 5.82 Å². The Kier molecular flexibility index (Phi) is 5.03. The number of hydrogen-bond acceptors (Lipinski definition) is 3. The highest BCUT2D eigenvalue weighted by Gasteiger charge is 2.39. The number of benzene rings is 1. The number of amides is 2. The van der Waals surface area contributed by atoms with Gasteiger partial charge in [0.25, 0.3) is 0 Å². The Labute approximate surface area is 147 Å². The number of nitrogens with one attached hydrogen (secondary N) is 2. The number of carbonyl (C=O) groups is 1. The zero-order chi connectivity index (χ0) is 18.0. The van der Waals surface area contributed by atoms with Crippen LogP contribution in [-0.2, 0) is 7.05 Å². The van der Waals surface area contributed by atoms with Crippen molar-refractivity contribution in [3.63, 3.8) is 0 Å². The molecule has 25 heavy (non-hydrogen) atoms. The molecule has 2 amide bonds. The lowest BCUT2D eigenvalue weighted by Gasteiger charge is -2.23. The summed E-state index contributed by atoms with van der Waals surface area (Å²) < 4.78 is 15.0. The van der Waals surface area contributed by atoms with Crippen molar-refractivity contribution in [2.24, 2.45) is 7.05 Å². The van der Waals surface area contributed by atoms with Gasteiger partial charge in [0.05, 0.1) is 12.2 Å². The molecule has 0 saturated heterocycles. The molecule has 6 nitrogen and oxygen atoms in total. The van der Waals surface area contributed by atoms with Crippen LogP contribution in [0.15, 0.2) is 36.7 Å². The minimum atomic E-state index is -0.238. The second-order valence-electron chi connectivity index (χ2n) is 6.78. The van der Waals surface area contributed by atoms with Crippen LogP contribution in [-0.4, -0.2) is 47.4 Å². The first-order chi connectivity index (χ1) is 11.9. The Morgan fingerprint density at radius 1 is 1.48 bits per heavy atom. The van der Waals surface area contributed by atoms with Crippen LogP contribution in [0.25, 0.3) is 0 Å². The maximum Gasteiger partial charge on any atom is 0.315 e. The lowest BCUT2D eigenvalue weighted by molar-refractivity contribution is 0.232. The fraction of sp³-hybridized carbons (Fsp3) is 0.444. The molecule has 1 aliphatic rings. The van der Waals surface area contributed by atoms with Crippen molar-refractivity contribution in [1.29, 1.82) is 0 Å². The van der Waals surface area contributed by atoms with Crippen molar-refractivity contribution in [2.75, 3.05) is 20.6 Å². The Hall–Kier alpha value is -2.41. The molecule has 1 saturated carbocycles. The Morgan fingerprint density at radius 3 is 2.92 bits per heavy atom. The van der Waals surface area contributed by atoms with Crippen molar-refractivity contribution in [3.05, 3.63) is 53.6 Å². The first-order valence-electron chi connectivity index (χ1n) is 8.39. The standard InChI is InChI=1S/C18H24FN5O/c1-23(2)17(13-9-21-24(3)11-13)10-20-18(25)22-16-8-15(16)12-5-4-6-14(19)7-12/h4-7,9,11,15-17H,8,10H2,1-3H3,(H2,20,22,25)/t15-,16+,17+/m0/s1. The number of rotatable bonds is 6. The van der Waals surface area contributed by atoms with Gasteiger partial charge in [0, 0.05) is 37.3 Å². The van der Waals surface area contributed by atoms with Crippen LogP contribution in [0.1, 0.15) is 29.5 Å². The molecule has 2 N–H and O–H groups in total. The van der Waals surface area contributed by atoms with E-state index >= 15 is 0 Å². The lowest BCUT2D eigenvalue weighted by atomic mass is 10.1. The molecule has 1 fully saturated rings. The summed E-state index contributed by atoms with van der Waals surface area (Å²) in [5.41, 5.74) is 1.99. The van der Waals surface area contributed by atoms with Gasteiger partial charge >= 0.3 is 6.03 Å². The summed E-state index contributed by atoms with van der Waals surface area (Å²) in [5, 5.41) is 10.1. The van der Waals surface area contributed by atoms with Gasteiger partial charge in [-0.25, -0.2) is 9.18 Å². The highest BCUT2D eigenvalue weighted by atomic mass is 19.1. The molecule has 3 atom stereocenters. The van der Waals surface area contributed by atoms with E-state index in [1.54, 1.807) is 10.7 Å². The third kappa shape index (κ3) is 4.36. The molecular weight excluding hydrogens is 321 g/mol. The first-order valence-corrected chi connectivity index (χ1v) is 8.39. The van der Waals surface area contributed by atoms with Crippen LogP contribution in [0.4, 0.5) is 9.18 Å². The molecule has 3 rings (SSSR count). The average molecular weight is 345 g/mol. The molecule has 1 aliphatic carbocycles. The maximum atomic E-state index is 13.3. The highest BCUT2D eigenvalue weighted by molar-refractivity contribution is 5.75. The van der Waals surface area contributed by atoms with E-state index in [9.17, 15) is 9.18 Å². The van der Waals surface area contributed by atoms with E-state index in [1.807, 2.05) is 44.5 Å². The lowest BCUT2D eigenvalue weighted by Crippen LogP contribution is -2.41. The number of likely N-dealkylation sites (N-methyl/N-ethyl adjacent to an activating group) is 1. The summed E-state index contributed by atoms with van der Waals surface area (Å²) in [6.45, 7) is 0.488. The van der Waals surface area contributed by atoms with Crippen molar-refractivity contribution < 1.29 is 9.18 Å². The number of hydrogen-bond donors (Lipinski definition) is 2. The molecule has 0 unspecified atom stereocenters. The third-order valence-corrected chi connectivity index (χ3v) is 4.57. The third-order valence-electron chi connectivity index (χ3n) is 4.57. The van der Waals surface area contributed by atoms with Gasteiger partial charge in [-0.3, -0.25) is 4.68 Å². The largest absolute Gasteiger partial charge is 0.336 e. The van der Waals surface area contributed by atoms with Gasteiger partial charge < -0.3 is 15.5 Å². The molecule has 134 valence electrons. The van der Waals surface area contributed by atoms with E-state index in [1.165, 1.54) is 12.1 Å². The van der Waals surface area contributed by atoms with Crippen molar-refractivity contribution in [3.8, 4) is 0 Å². The highest BCUT2D eigenvalue weighted by Crippen LogP contribution is 2.40. The van der Waals surface area contributed by atoms with Gasteiger partial charge in [-0.05, 0) is 38.2 Å². The summed E-state index contributed by atoms with van der Waals surface area (Å²) in [6, 6.07) is 6.50. The van der Waals surface area contributed by atoms with Crippen LogP contribution in [0.5, 0.6) is 0 Å². The summed E-state index contributed by atoms with van der Waals surface area (Å²) in [6.07, 6.45) is 4.60. The Balaban J connectivity index is 1.50. The summed E-state index contributed by atoms with van der Waals surface area (Å²) >= 11 is 0. The van der Waals surface area contributed by atoms with Crippen molar-refractivity contribution in [1.82, 2.24) is 25.3 Å². The number of aromatic nitrogens is 2. The van der Waals surface area contributed by atoms with Crippen LogP contribution in [0.3, 0.4) is 0 Å². The average Bonchev–Trinajstić information content (AvgIpc) is 3.18. The van der Waals surface area contributed by atoms with Crippen molar-refractivity contribution >= 4 is 6.03 Å². The first kappa shape index (κ1) is 17.4. The molecule has 0 radical (unpaired) electrons. The zero-order valence-corrected chi connectivity index (χ0v) is 14.7. The summed E-state index contributed by atoms with van der Waals surface area (Å²) in [7, 11) is 5.81. The fourth-order valence-electron chi connectivity index (χ4n) is 3.08. The van der Waals surface area contributed by atoms with Crippen molar-refractivity contribution in [2.45, 2.75) is 24.4 Å². The molecular formula is C18H24FN5O. The van der Waals surface area contributed by atoms with Gasteiger partial charge in [-0.2, -0.15) is 5.10 Å². The maximum absolute atomic E-state index is 13.3. The van der Waals surface area contributed by atoms with Crippen LogP contribution in [0, 0.1) is 5.82 Å². The zero-order valence-electron chi connectivity index (χ0n) is 14.7. The van der Waals surface area contributed by atoms with Gasteiger partial charge in [-0.1, -0.05) is 12.1 Å². The van der Waals surface area contributed by atoms with Crippen LogP contribution in [0.2, 0.25) is 0 Å². The number of halogens is 1. The SMILES string of the molecule is CN(C)[C@H](CNC(=O)N[C@@H]1C[C@H]1c1cccc(F)c1)c1cnn(C)c1. The normalized spacial score (nSPS) is 20.4. The molecule has 1 heterocycles. The van der Waals surface area contributed by atoms with Crippen LogP contribution < -0.4 is 10.6 Å². The smallest absolute Gasteiger partial charge is 0.315 e. The number of aryl methyl sites for hydroxylation is 1. The monoisotopic (exact) mass is 345 g/mol. The second-order valence-corrected chi connectivity index (χ2v) is 6.78. The minimum Gasteiger partial charge on any atom is -0.336 e. The summed E-state index contributed by atoms with van der Waals surface area (Å²) in [5.74, 6) is -0.0395. The molecule has 1 aromatic heterocycles. The van der Waals surface area contributed by atoms with E-state index in [4.69, 9.17) is 0 Å². The number of carbonyl (C=O) groups excluding carboxylic acids is 1. The van der Waals surface area contributed by atoms with Gasteiger partial charge in [-0.15, -0.1) is 0 Å². The molecule has 0 spiro atoms. The number of urea groups is 1. The van der Waals surface area contributed by atoms with E-state index in [0.29, 0.717) is 6.54 Å². The van der Waals surface area contributed by atoms with Gasteiger partial charge in [0.15, 0.2) is 0 Å². The van der Waals surface area contributed by atoms with Gasteiger partial charge in [0.2, 0.25) is 0 Å². The topological polar surface area (TPSA) is 62.2 Å². The fourth-order valence-corrected chi connectivity index (χ4v) is 3.08. The molecule has 7 heteroatoms. The second kappa shape index (κ2) is 7.23. The minimum absolute atomic E-state index is 0.0534.